The van der Waals surface area contributed by atoms with Gasteiger partial charge in [-0.25, -0.2) is 4.79 Å². The van der Waals surface area contributed by atoms with E-state index in [1.54, 1.807) is 0 Å². The van der Waals surface area contributed by atoms with E-state index in [1.165, 1.54) is 0 Å². The molecule has 1 aliphatic heterocycles. The molecule has 0 bridgehead atoms. The summed E-state index contributed by atoms with van der Waals surface area (Å²) in [6.45, 7) is 0.533. The first kappa shape index (κ1) is 11.9. The zero-order valence-electron chi connectivity index (χ0n) is 8.40. The number of nitrogens with one attached hydrogen (secondary N) is 2. The molecule has 2 unspecified atom stereocenters. The lowest BCUT2D eigenvalue weighted by Gasteiger charge is -2.16. The van der Waals surface area contributed by atoms with E-state index in [9.17, 15) is 9.59 Å². The first-order valence-electron chi connectivity index (χ1n) is 5.02. The molecule has 1 rings (SSSR count). The Morgan fingerprint density at radius 1 is 1.53 bits per heavy atom. The summed E-state index contributed by atoms with van der Waals surface area (Å²) in [5.41, 5.74) is 0. The van der Waals surface area contributed by atoms with Gasteiger partial charge in [0.15, 0.2) is 0 Å². The molecule has 0 saturated carbocycles. The maximum absolute atomic E-state index is 11.5. The van der Waals surface area contributed by atoms with Crippen LogP contribution in [0, 0.1) is 0 Å². The highest BCUT2D eigenvalue weighted by atomic mass is 16.4. The van der Waals surface area contributed by atoms with Crippen LogP contribution in [-0.2, 0) is 9.59 Å². The fraction of sp³-hybridized carbons (Fsp3) is 0.778. The summed E-state index contributed by atoms with van der Waals surface area (Å²) in [5.74, 6) is -1.41. The molecular weight excluding hydrogens is 200 g/mol. The monoisotopic (exact) mass is 216 g/mol. The van der Waals surface area contributed by atoms with E-state index in [0.29, 0.717) is 0 Å². The van der Waals surface area contributed by atoms with E-state index < -0.39 is 12.0 Å². The molecule has 15 heavy (non-hydrogen) atoms. The number of carbonyl (C=O) groups is 2. The van der Waals surface area contributed by atoms with Crippen molar-refractivity contribution in [3.05, 3.63) is 0 Å². The Balaban J connectivity index is 2.42. The number of aliphatic hydroxyl groups is 1. The zero-order chi connectivity index (χ0) is 11.3. The number of amides is 1. The van der Waals surface area contributed by atoms with Crippen molar-refractivity contribution in [2.24, 2.45) is 0 Å². The Morgan fingerprint density at radius 3 is 2.73 bits per heavy atom. The van der Waals surface area contributed by atoms with Gasteiger partial charge < -0.3 is 20.8 Å². The number of carbonyl (C=O) groups excluding carboxylic acids is 1. The topological polar surface area (TPSA) is 98.7 Å². The molecule has 1 heterocycles. The molecule has 86 valence electrons. The average Bonchev–Trinajstić information content (AvgIpc) is 2.69. The molecule has 4 N–H and O–H groups in total. The van der Waals surface area contributed by atoms with Crippen LogP contribution in [-0.4, -0.2) is 47.3 Å². The molecule has 2 atom stereocenters. The molecule has 0 spiro atoms. The van der Waals surface area contributed by atoms with Gasteiger partial charge in [0.25, 0.3) is 0 Å². The lowest BCUT2D eigenvalue weighted by Crippen LogP contribution is -2.48. The van der Waals surface area contributed by atoms with Crippen molar-refractivity contribution in [3.8, 4) is 0 Å². The van der Waals surface area contributed by atoms with Crippen LogP contribution in [0.1, 0.15) is 19.3 Å². The van der Waals surface area contributed by atoms with Crippen LogP contribution in [0.5, 0.6) is 0 Å². The Morgan fingerprint density at radius 2 is 2.27 bits per heavy atom. The maximum Gasteiger partial charge on any atom is 0.326 e. The van der Waals surface area contributed by atoms with Crippen LogP contribution in [0.3, 0.4) is 0 Å². The van der Waals surface area contributed by atoms with Crippen molar-refractivity contribution in [3.63, 3.8) is 0 Å². The van der Waals surface area contributed by atoms with Gasteiger partial charge >= 0.3 is 5.97 Å². The second-order valence-electron chi connectivity index (χ2n) is 3.56. The van der Waals surface area contributed by atoms with Gasteiger partial charge in [0.05, 0.1) is 6.04 Å². The fourth-order valence-corrected chi connectivity index (χ4v) is 1.57. The van der Waals surface area contributed by atoms with Crippen molar-refractivity contribution < 1.29 is 19.8 Å². The van der Waals surface area contributed by atoms with Crippen LogP contribution < -0.4 is 10.6 Å². The Labute approximate surface area is 87.7 Å². The van der Waals surface area contributed by atoms with Gasteiger partial charge in [-0.05, 0) is 19.4 Å². The number of carboxylic acid groups (broad SMARTS) is 1. The highest BCUT2D eigenvalue weighted by Gasteiger charge is 2.26. The SMILES string of the molecule is O=C(O)C(CCO)NC(=O)C1CCCN1. The standard InChI is InChI=1S/C9H16N2O4/c12-5-3-7(9(14)15)11-8(13)6-2-1-4-10-6/h6-7,10,12H,1-5H2,(H,11,13)(H,14,15). The second-order valence-corrected chi connectivity index (χ2v) is 3.56. The number of aliphatic carboxylic acids is 1. The van der Waals surface area contributed by atoms with E-state index in [-0.39, 0.29) is 25.0 Å². The average molecular weight is 216 g/mol. The third-order valence-corrected chi connectivity index (χ3v) is 2.41. The Hall–Kier alpha value is -1.14. The molecule has 1 aliphatic rings. The summed E-state index contributed by atoms with van der Waals surface area (Å²) in [7, 11) is 0. The quantitative estimate of drug-likeness (QED) is 0.457. The number of hydrogen-bond donors (Lipinski definition) is 4. The summed E-state index contributed by atoms with van der Waals surface area (Å²) < 4.78 is 0. The third-order valence-electron chi connectivity index (χ3n) is 2.41. The van der Waals surface area contributed by atoms with E-state index >= 15 is 0 Å². The predicted molar refractivity (Wildman–Crippen MR) is 52.3 cm³/mol. The lowest BCUT2D eigenvalue weighted by molar-refractivity contribution is -0.142. The normalized spacial score (nSPS) is 22.3. The Bertz CT molecular complexity index is 238. The fourth-order valence-electron chi connectivity index (χ4n) is 1.57. The van der Waals surface area contributed by atoms with Crippen molar-refractivity contribution >= 4 is 11.9 Å². The van der Waals surface area contributed by atoms with Crippen LogP contribution >= 0.6 is 0 Å². The van der Waals surface area contributed by atoms with Crippen molar-refractivity contribution in [2.45, 2.75) is 31.3 Å². The minimum atomic E-state index is -1.12. The third kappa shape index (κ3) is 3.49. The van der Waals surface area contributed by atoms with Crippen molar-refractivity contribution in [1.29, 1.82) is 0 Å². The molecule has 0 aromatic heterocycles. The van der Waals surface area contributed by atoms with E-state index in [4.69, 9.17) is 10.2 Å². The van der Waals surface area contributed by atoms with E-state index in [0.717, 1.165) is 19.4 Å². The first-order valence-corrected chi connectivity index (χ1v) is 5.02. The van der Waals surface area contributed by atoms with Gasteiger partial charge in [-0.3, -0.25) is 4.79 Å². The molecular formula is C9H16N2O4. The highest BCUT2D eigenvalue weighted by molar-refractivity contribution is 5.87. The predicted octanol–water partition coefficient (Wildman–Crippen LogP) is -1.31. The minimum Gasteiger partial charge on any atom is -0.480 e. The number of rotatable bonds is 5. The van der Waals surface area contributed by atoms with Gasteiger partial charge in [-0.15, -0.1) is 0 Å². The molecule has 1 amide bonds. The largest absolute Gasteiger partial charge is 0.480 e. The summed E-state index contributed by atoms with van der Waals surface area (Å²) in [6, 6.07) is -1.28. The highest BCUT2D eigenvalue weighted by Crippen LogP contribution is 2.05. The molecule has 0 aromatic rings. The molecule has 1 fully saturated rings. The van der Waals surface area contributed by atoms with Crippen LogP contribution in [0.4, 0.5) is 0 Å². The molecule has 0 aliphatic carbocycles. The first-order chi connectivity index (χ1) is 7.15. The summed E-state index contributed by atoms with van der Waals surface area (Å²) in [6.07, 6.45) is 1.70. The van der Waals surface area contributed by atoms with E-state index in [2.05, 4.69) is 10.6 Å². The second kappa shape index (κ2) is 5.67. The van der Waals surface area contributed by atoms with Gasteiger partial charge in [0.1, 0.15) is 6.04 Å². The smallest absolute Gasteiger partial charge is 0.326 e. The molecule has 1 saturated heterocycles. The summed E-state index contributed by atoms with van der Waals surface area (Å²) in [5, 5.41) is 22.8. The Kier molecular flexibility index (Phi) is 4.51. The number of aliphatic hydroxyl groups excluding tert-OH is 1. The molecule has 6 heteroatoms. The van der Waals surface area contributed by atoms with Crippen molar-refractivity contribution in [2.75, 3.05) is 13.2 Å². The van der Waals surface area contributed by atoms with Crippen molar-refractivity contribution in [1.82, 2.24) is 10.6 Å². The molecule has 0 radical (unpaired) electrons. The maximum atomic E-state index is 11.5. The number of hydrogen-bond acceptors (Lipinski definition) is 4. The summed E-state index contributed by atoms with van der Waals surface area (Å²) in [4.78, 5) is 22.2. The van der Waals surface area contributed by atoms with Crippen LogP contribution in [0.2, 0.25) is 0 Å². The molecule has 6 nitrogen and oxygen atoms in total. The van der Waals surface area contributed by atoms with Gasteiger partial charge in [-0.1, -0.05) is 0 Å². The van der Waals surface area contributed by atoms with Crippen LogP contribution in [0.15, 0.2) is 0 Å². The van der Waals surface area contributed by atoms with Crippen LogP contribution in [0.25, 0.3) is 0 Å². The van der Waals surface area contributed by atoms with E-state index in [1.807, 2.05) is 0 Å². The molecule has 0 aromatic carbocycles. The van der Waals surface area contributed by atoms with Gasteiger partial charge in [-0.2, -0.15) is 0 Å². The minimum absolute atomic E-state index is 0.0355. The zero-order valence-corrected chi connectivity index (χ0v) is 8.40. The lowest BCUT2D eigenvalue weighted by atomic mass is 10.1. The van der Waals surface area contributed by atoms with Gasteiger partial charge in [0, 0.05) is 13.0 Å². The summed E-state index contributed by atoms with van der Waals surface area (Å²) >= 11 is 0. The van der Waals surface area contributed by atoms with Gasteiger partial charge in [0.2, 0.25) is 5.91 Å². The number of carboxylic acids is 1.